The Balaban J connectivity index is 0.891. The van der Waals surface area contributed by atoms with Crippen LogP contribution in [0.5, 0.6) is 0 Å². The molecule has 2 spiro atoms. The van der Waals surface area contributed by atoms with Crippen LogP contribution in [0.4, 0.5) is 0 Å². The Morgan fingerprint density at radius 3 is 0.875 bits per heavy atom. The van der Waals surface area contributed by atoms with Gasteiger partial charge in [0.05, 0.1) is 55.3 Å². The SMILES string of the molecule is c1ccc(-c2ccc(-c3nc(-n4c5ccccc5c5cc6c(cc54)C4(c5ccccc5-c5ccccc54)c4cc5c7ccccc7n(-c7nc(-c8ccc(-c9ccccc9)cc8)c8ccccc8n7)c5cc4C64c5ccccc5-c5ccccc54)nc4ccccc34)cc2)cc1. The summed E-state index contributed by atoms with van der Waals surface area (Å²) in [6.45, 7) is 0. The van der Waals surface area contributed by atoms with E-state index in [1.807, 2.05) is 0 Å². The van der Waals surface area contributed by atoms with Crippen LogP contribution in [0.25, 0.3) is 144 Å². The van der Waals surface area contributed by atoms with Gasteiger partial charge in [0.15, 0.2) is 0 Å². The predicted molar refractivity (Wildman–Crippen MR) is 391 cm³/mol. The van der Waals surface area contributed by atoms with Crippen molar-refractivity contribution in [2.75, 3.05) is 0 Å². The van der Waals surface area contributed by atoms with E-state index in [1.165, 1.54) is 77.9 Å². The van der Waals surface area contributed by atoms with E-state index in [0.717, 1.165) is 99.1 Å². The van der Waals surface area contributed by atoms with Gasteiger partial charge in [-0.05, 0) is 138 Å². The van der Waals surface area contributed by atoms with Crippen molar-refractivity contribution in [2.24, 2.45) is 0 Å². The monoisotopic (exact) mass is 1220 g/mol. The third kappa shape index (κ3) is 7.14. The van der Waals surface area contributed by atoms with Gasteiger partial charge in [0.2, 0.25) is 11.9 Å². The van der Waals surface area contributed by atoms with Crippen LogP contribution in [-0.2, 0) is 10.8 Å². The van der Waals surface area contributed by atoms with Gasteiger partial charge in [-0.2, -0.15) is 0 Å². The molecule has 6 heteroatoms. The van der Waals surface area contributed by atoms with Gasteiger partial charge in [0, 0.05) is 43.4 Å². The number of para-hydroxylation sites is 4. The Bertz CT molecular complexity index is 5840. The summed E-state index contributed by atoms with van der Waals surface area (Å²) in [5, 5.41) is 6.48. The molecule has 4 aromatic heterocycles. The molecular formula is C90H54N6. The van der Waals surface area contributed by atoms with Crippen molar-refractivity contribution in [3.8, 4) is 78.9 Å². The van der Waals surface area contributed by atoms with E-state index in [2.05, 4.69) is 337 Å². The van der Waals surface area contributed by atoms with Crippen LogP contribution in [0, 0.1) is 0 Å². The molecule has 0 bridgehead atoms. The van der Waals surface area contributed by atoms with Gasteiger partial charge >= 0.3 is 0 Å². The number of nitrogens with zero attached hydrogens (tertiary/aromatic N) is 6. The zero-order valence-electron chi connectivity index (χ0n) is 51.9. The molecule has 0 saturated carbocycles. The highest BCUT2D eigenvalue weighted by molar-refractivity contribution is 6.14. The number of hydrogen-bond donors (Lipinski definition) is 0. The first-order valence-corrected chi connectivity index (χ1v) is 33.0. The standard InChI is InChI=1S/C90H54N6/c1-3-23-55(24-4-1)57-43-47-59(48-44-57)85-67-33-11-19-39-79(67)91-87(93-85)95-81-41-21-13-31-65(81)69-51-75-77(53-83(69)95)89(71-35-15-7-27-61(71)62-28-8-16-36-72(62)89)76-52-70-66-32-14-22-42-82(66)96(84(70)54-78(76)90(75)73-37-17-9-29-63(73)64-30-10-18-38-74(64)90)88-92-80-40-20-12-34-68(80)86(94-88)60-49-45-58(46-50-60)56-25-5-2-6-26-56/h1-54H. The Kier molecular flexibility index (Phi) is 11.0. The van der Waals surface area contributed by atoms with Crippen molar-refractivity contribution in [2.45, 2.75) is 10.8 Å². The molecule has 96 heavy (non-hydrogen) atoms. The van der Waals surface area contributed by atoms with E-state index in [9.17, 15) is 0 Å². The molecule has 0 atom stereocenters. The first-order chi connectivity index (χ1) is 47.6. The minimum Gasteiger partial charge on any atom is -0.278 e. The lowest BCUT2D eigenvalue weighted by atomic mass is 9.52. The Morgan fingerprint density at radius 2 is 0.490 bits per heavy atom. The lowest BCUT2D eigenvalue weighted by molar-refractivity contribution is 0.635. The Hall–Kier alpha value is -12.6. The summed E-state index contributed by atoms with van der Waals surface area (Å²) in [5.41, 5.74) is 27.5. The van der Waals surface area contributed by atoms with Crippen molar-refractivity contribution < 1.29 is 0 Å². The van der Waals surface area contributed by atoms with Gasteiger partial charge in [-0.3, -0.25) is 9.13 Å². The van der Waals surface area contributed by atoms with E-state index in [0.29, 0.717) is 11.9 Å². The maximum Gasteiger partial charge on any atom is 0.235 e. The second-order valence-corrected chi connectivity index (χ2v) is 25.9. The maximum atomic E-state index is 5.74. The molecule has 3 aliphatic rings. The summed E-state index contributed by atoms with van der Waals surface area (Å²) >= 11 is 0. The predicted octanol–water partition coefficient (Wildman–Crippen LogP) is 21.5. The van der Waals surface area contributed by atoms with Crippen LogP contribution in [0.3, 0.4) is 0 Å². The van der Waals surface area contributed by atoms with Gasteiger partial charge in [-0.1, -0.05) is 279 Å². The molecule has 4 heterocycles. The van der Waals surface area contributed by atoms with Crippen LogP contribution in [-0.4, -0.2) is 29.1 Å². The molecule has 0 fully saturated rings. The molecule has 444 valence electrons. The van der Waals surface area contributed by atoms with E-state index >= 15 is 0 Å². The quantitative estimate of drug-likeness (QED) is 0.166. The highest BCUT2D eigenvalue weighted by Gasteiger charge is 2.59. The van der Waals surface area contributed by atoms with Crippen LogP contribution < -0.4 is 0 Å². The van der Waals surface area contributed by atoms with Crippen LogP contribution in [0.2, 0.25) is 0 Å². The van der Waals surface area contributed by atoms with Crippen molar-refractivity contribution in [1.29, 1.82) is 0 Å². The maximum absolute atomic E-state index is 5.74. The second-order valence-electron chi connectivity index (χ2n) is 25.9. The van der Waals surface area contributed by atoms with Crippen molar-refractivity contribution in [3.63, 3.8) is 0 Å². The van der Waals surface area contributed by atoms with E-state index in [4.69, 9.17) is 19.9 Å². The first-order valence-electron chi connectivity index (χ1n) is 33.0. The minimum absolute atomic E-state index is 0.614. The van der Waals surface area contributed by atoms with Gasteiger partial charge in [-0.15, -0.1) is 0 Å². The summed E-state index contributed by atoms with van der Waals surface area (Å²) in [5.74, 6) is 1.23. The third-order valence-corrected chi connectivity index (χ3v) is 21.3. The second kappa shape index (κ2) is 19.9. The highest BCUT2D eigenvalue weighted by atomic mass is 15.2. The molecule has 18 aromatic rings. The topological polar surface area (TPSA) is 61.4 Å². The van der Waals surface area contributed by atoms with Crippen molar-refractivity contribution >= 4 is 65.4 Å². The molecule has 6 nitrogen and oxygen atoms in total. The fraction of sp³-hybridized carbons (Fsp3) is 0.0222. The number of aromatic nitrogens is 6. The fourth-order valence-corrected chi connectivity index (χ4v) is 17.3. The normalized spacial score (nSPS) is 13.6. The molecule has 0 radical (unpaired) electrons. The lowest BCUT2D eigenvalue weighted by Crippen LogP contribution is -2.44. The average Bonchev–Trinajstić information content (AvgIpc) is 1.38. The van der Waals surface area contributed by atoms with Crippen LogP contribution in [0.1, 0.15) is 44.5 Å². The van der Waals surface area contributed by atoms with Gasteiger partial charge in [-0.25, -0.2) is 19.9 Å². The molecule has 14 aromatic carbocycles. The number of fused-ring (bicyclic) bond motifs is 24. The molecule has 21 rings (SSSR count). The summed E-state index contributed by atoms with van der Waals surface area (Å²) in [6, 6.07) is 121. The van der Waals surface area contributed by atoms with Crippen molar-refractivity contribution in [1.82, 2.24) is 29.1 Å². The molecule has 3 aliphatic carbocycles. The molecule has 0 N–H and O–H groups in total. The largest absolute Gasteiger partial charge is 0.278 e. The van der Waals surface area contributed by atoms with Crippen LogP contribution >= 0.6 is 0 Å². The number of rotatable bonds is 6. The smallest absolute Gasteiger partial charge is 0.235 e. The minimum atomic E-state index is -0.850. The van der Waals surface area contributed by atoms with Crippen LogP contribution in [0.15, 0.2) is 328 Å². The average molecular weight is 1220 g/mol. The third-order valence-electron chi connectivity index (χ3n) is 21.3. The molecular weight excluding hydrogens is 1170 g/mol. The summed E-state index contributed by atoms with van der Waals surface area (Å²) in [4.78, 5) is 22.7. The van der Waals surface area contributed by atoms with Gasteiger partial charge in [0.1, 0.15) is 0 Å². The summed E-state index contributed by atoms with van der Waals surface area (Å²) in [6.07, 6.45) is 0. The van der Waals surface area contributed by atoms with Gasteiger partial charge < -0.3 is 0 Å². The molecule has 0 saturated heterocycles. The first kappa shape index (κ1) is 52.9. The van der Waals surface area contributed by atoms with Gasteiger partial charge in [0.25, 0.3) is 0 Å². The fourth-order valence-electron chi connectivity index (χ4n) is 17.3. The Morgan fingerprint density at radius 1 is 0.198 bits per heavy atom. The number of hydrogen-bond acceptors (Lipinski definition) is 4. The summed E-state index contributed by atoms with van der Waals surface area (Å²) < 4.78 is 4.70. The summed E-state index contributed by atoms with van der Waals surface area (Å²) in [7, 11) is 0. The highest BCUT2D eigenvalue weighted by Crippen LogP contribution is 2.68. The zero-order chi connectivity index (χ0) is 62.8. The lowest BCUT2D eigenvalue weighted by Gasteiger charge is -2.49. The van der Waals surface area contributed by atoms with E-state index < -0.39 is 10.8 Å². The van der Waals surface area contributed by atoms with E-state index in [1.54, 1.807) is 0 Å². The van der Waals surface area contributed by atoms with Crippen molar-refractivity contribution in [3.05, 3.63) is 372 Å². The van der Waals surface area contributed by atoms with E-state index in [-0.39, 0.29) is 0 Å². The number of benzene rings is 14. The Labute approximate surface area is 553 Å². The molecule has 0 aliphatic heterocycles. The molecule has 0 amide bonds. The molecule has 0 unspecified atom stereocenters. The zero-order valence-corrected chi connectivity index (χ0v) is 51.9.